The van der Waals surface area contributed by atoms with Crippen molar-refractivity contribution in [1.82, 2.24) is 9.55 Å². The van der Waals surface area contributed by atoms with Gasteiger partial charge in [-0.2, -0.15) is 4.99 Å². The largest absolute Gasteiger partial charge is 0.494 e. The molecule has 46 heavy (non-hydrogen) atoms. The van der Waals surface area contributed by atoms with E-state index in [1.54, 1.807) is 42.7 Å². The van der Waals surface area contributed by atoms with Crippen molar-refractivity contribution >= 4 is 51.0 Å². The number of nitro benzene ring substituents is 1. The first-order chi connectivity index (χ1) is 22.1. The van der Waals surface area contributed by atoms with Crippen LogP contribution in [0.15, 0.2) is 45.8 Å². The van der Waals surface area contributed by atoms with Gasteiger partial charge in [0, 0.05) is 38.1 Å². The van der Waals surface area contributed by atoms with Crippen molar-refractivity contribution in [3.8, 4) is 11.5 Å². The summed E-state index contributed by atoms with van der Waals surface area (Å²) in [6.07, 6.45) is 5.63. The maximum atomic E-state index is 13.2. The Morgan fingerprint density at radius 1 is 1.22 bits per heavy atom. The van der Waals surface area contributed by atoms with E-state index in [-0.39, 0.29) is 42.4 Å². The van der Waals surface area contributed by atoms with Gasteiger partial charge in [-0.3, -0.25) is 19.7 Å². The standard InChI is InChI=1S/C31H34N6O8S/c1-5-21-28(45-19(3)34-21)30(40)35-31-36(27-24(43-4)16-20(29(32)39)17-25(27)46-31)11-7-6-10-33-26-22(37(41)42)14-18(2)15-23(26)44-13-9-8-12-38/h6-7,12,14-17,33H,5,8-11,13H2,1-4H3,(H2,32,39)/b7-6+,35-31?. The van der Waals surface area contributed by atoms with Crippen LogP contribution in [0.3, 0.4) is 0 Å². The zero-order chi connectivity index (χ0) is 33.4. The summed E-state index contributed by atoms with van der Waals surface area (Å²) in [7, 11) is 1.46. The van der Waals surface area contributed by atoms with Crippen molar-refractivity contribution < 1.29 is 33.2 Å². The quantitative estimate of drug-likeness (QED) is 0.0601. The number of nitrogens with zero attached hydrogens (tertiary/aromatic N) is 4. The number of methoxy groups -OCH3 is 1. The number of rotatable bonds is 15. The topological polar surface area (TPSA) is 194 Å². The van der Waals surface area contributed by atoms with Crippen molar-refractivity contribution in [2.24, 2.45) is 10.7 Å². The molecule has 0 unspecified atom stereocenters. The number of unbranched alkanes of at least 4 members (excludes halogenated alkanes) is 1. The number of ether oxygens (including phenoxy) is 2. The van der Waals surface area contributed by atoms with Gasteiger partial charge in [0.25, 0.3) is 5.69 Å². The van der Waals surface area contributed by atoms with E-state index >= 15 is 0 Å². The molecular weight excluding hydrogens is 616 g/mol. The summed E-state index contributed by atoms with van der Waals surface area (Å²) in [5.74, 6) is -0.164. The molecule has 2 amide bonds. The third-order valence-electron chi connectivity index (χ3n) is 6.77. The normalized spacial score (nSPS) is 11.7. The number of nitrogens with two attached hydrogens (primary N) is 1. The van der Waals surface area contributed by atoms with Gasteiger partial charge in [-0.15, -0.1) is 0 Å². The average Bonchev–Trinajstić information content (AvgIpc) is 3.58. The number of thiazole rings is 1. The first kappa shape index (κ1) is 33.6. The van der Waals surface area contributed by atoms with Gasteiger partial charge in [-0.25, -0.2) is 4.98 Å². The van der Waals surface area contributed by atoms with Crippen LogP contribution in [0, 0.1) is 24.0 Å². The predicted octanol–water partition coefficient (Wildman–Crippen LogP) is 4.65. The highest BCUT2D eigenvalue weighted by atomic mass is 32.1. The third kappa shape index (κ3) is 7.66. The summed E-state index contributed by atoms with van der Waals surface area (Å²) >= 11 is 1.17. The second-order valence-electron chi connectivity index (χ2n) is 10.1. The Labute approximate surface area is 267 Å². The molecular formula is C31H34N6O8S. The molecule has 3 N–H and O–H groups in total. The minimum absolute atomic E-state index is 0.0532. The molecule has 0 spiro atoms. The number of nitro groups is 1. The minimum Gasteiger partial charge on any atom is -0.494 e. The Balaban J connectivity index is 1.67. The van der Waals surface area contributed by atoms with Crippen LogP contribution in [0.2, 0.25) is 0 Å². The Hall–Kier alpha value is -5.31. The van der Waals surface area contributed by atoms with Crippen molar-refractivity contribution in [2.75, 3.05) is 25.6 Å². The number of aromatic nitrogens is 2. The average molecular weight is 651 g/mol. The molecule has 0 bridgehead atoms. The lowest BCUT2D eigenvalue weighted by Gasteiger charge is -2.13. The van der Waals surface area contributed by atoms with Gasteiger partial charge in [0.05, 0.1) is 29.0 Å². The number of hydrogen-bond donors (Lipinski definition) is 2. The molecule has 0 aliphatic heterocycles. The van der Waals surface area contributed by atoms with E-state index in [2.05, 4.69) is 15.3 Å². The Kier molecular flexibility index (Phi) is 11.0. The fourth-order valence-corrected chi connectivity index (χ4v) is 5.78. The van der Waals surface area contributed by atoms with Gasteiger partial charge in [0.2, 0.25) is 11.7 Å². The summed E-state index contributed by atoms with van der Waals surface area (Å²) in [4.78, 5) is 56.1. The number of allylic oxidation sites excluding steroid dienone is 1. The number of aldehydes is 1. The molecule has 0 aliphatic rings. The fourth-order valence-electron chi connectivity index (χ4n) is 4.68. The smallest absolute Gasteiger partial charge is 0.317 e. The van der Waals surface area contributed by atoms with Crippen LogP contribution in [-0.2, 0) is 17.8 Å². The number of carbonyl (C=O) groups is 3. The number of primary amides is 1. The number of oxazole rings is 1. The molecule has 0 atom stereocenters. The lowest BCUT2D eigenvalue weighted by molar-refractivity contribution is -0.384. The molecule has 0 fully saturated rings. The molecule has 4 rings (SSSR count). The number of hydrogen-bond acceptors (Lipinski definition) is 11. The van der Waals surface area contributed by atoms with Crippen molar-refractivity contribution in [1.29, 1.82) is 0 Å². The maximum Gasteiger partial charge on any atom is 0.317 e. The molecule has 2 aromatic heterocycles. The number of anilines is 1. The van der Waals surface area contributed by atoms with E-state index in [1.165, 1.54) is 30.6 Å². The van der Waals surface area contributed by atoms with Crippen molar-refractivity contribution in [2.45, 2.75) is 46.6 Å². The van der Waals surface area contributed by atoms with E-state index in [0.29, 0.717) is 62.9 Å². The van der Waals surface area contributed by atoms with Crippen molar-refractivity contribution in [3.63, 3.8) is 0 Å². The summed E-state index contributed by atoms with van der Waals surface area (Å²) < 4.78 is 19.3. The van der Waals surface area contributed by atoms with Gasteiger partial charge >= 0.3 is 5.91 Å². The van der Waals surface area contributed by atoms with Crippen LogP contribution < -0.4 is 25.3 Å². The van der Waals surface area contributed by atoms with Gasteiger partial charge < -0.3 is 34.3 Å². The molecule has 15 heteroatoms. The Morgan fingerprint density at radius 3 is 2.67 bits per heavy atom. The first-order valence-corrected chi connectivity index (χ1v) is 15.2. The van der Waals surface area contributed by atoms with Crippen LogP contribution in [0.5, 0.6) is 11.5 Å². The third-order valence-corrected chi connectivity index (χ3v) is 7.80. The second kappa shape index (κ2) is 15.1. The highest BCUT2D eigenvalue weighted by molar-refractivity contribution is 7.16. The lowest BCUT2D eigenvalue weighted by atomic mass is 10.1. The number of carbonyl (C=O) groups excluding carboxylic acids is 3. The number of nitrogens with one attached hydrogen (secondary N) is 1. The molecule has 0 radical (unpaired) electrons. The van der Waals surface area contributed by atoms with Crippen LogP contribution in [0.1, 0.15) is 57.8 Å². The summed E-state index contributed by atoms with van der Waals surface area (Å²) in [6, 6.07) is 6.28. The van der Waals surface area contributed by atoms with E-state index in [0.717, 1.165) is 6.29 Å². The van der Waals surface area contributed by atoms with Crippen LogP contribution in [-0.4, -0.2) is 52.8 Å². The lowest BCUT2D eigenvalue weighted by Crippen LogP contribution is -2.17. The van der Waals surface area contributed by atoms with E-state index in [9.17, 15) is 24.5 Å². The first-order valence-electron chi connectivity index (χ1n) is 14.4. The molecule has 2 heterocycles. The number of amides is 2. The summed E-state index contributed by atoms with van der Waals surface area (Å²) in [6.45, 7) is 5.89. The van der Waals surface area contributed by atoms with Crippen molar-refractivity contribution in [3.05, 3.63) is 79.8 Å². The fraction of sp³-hybridized carbons (Fsp3) is 0.323. The number of aryl methyl sites for hydroxylation is 3. The molecule has 242 valence electrons. The highest BCUT2D eigenvalue weighted by Gasteiger charge is 2.21. The zero-order valence-electron chi connectivity index (χ0n) is 25.8. The predicted molar refractivity (Wildman–Crippen MR) is 172 cm³/mol. The second-order valence-corrected chi connectivity index (χ2v) is 11.1. The van der Waals surface area contributed by atoms with Gasteiger partial charge in [-0.1, -0.05) is 30.4 Å². The van der Waals surface area contributed by atoms with Crippen LogP contribution in [0.4, 0.5) is 11.4 Å². The number of benzene rings is 2. The molecule has 2 aromatic carbocycles. The van der Waals surface area contributed by atoms with Crippen LogP contribution >= 0.6 is 11.3 Å². The minimum atomic E-state index is -0.636. The van der Waals surface area contributed by atoms with Gasteiger partial charge in [0.15, 0.2) is 16.4 Å². The summed E-state index contributed by atoms with van der Waals surface area (Å²) in [5, 5.41) is 14.9. The molecule has 0 saturated carbocycles. The van der Waals surface area contributed by atoms with E-state index < -0.39 is 16.7 Å². The Morgan fingerprint density at radius 2 is 2.00 bits per heavy atom. The Bertz CT molecular complexity index is 1890. The SMILES string of the molecule is CCc1nc(C)oc1C(=O)N=c1sc2cc(C(N)=O)cc(OC)c2n1C/C=C/CNc1c(OCCCC=O)cc(C)cc1[N+](=O)[O-]. The molecule has 14 nitrogen and oxygen atoms in total. The molecule has 4 aromatic rings. The highest BCUT2D eigenvalue weighted by Crippen LogP contribution is 2.36. The maximum absolute atomic E-state index is 13.2. The van der Waals surface area contributed by atoms with E-state index in [4.69, 9.17) is 19.6 Å². The van der Waals surface area contributed by atoms with Gasteiger partial charge in [0.1, 0.15) is 23.3 Å². The monoisotopic (exact) mass is 650 g/mol. The summed E-state index contributed by atoms with van der Waals surface area (Å²) in [5.41, 5.74) is 7.59. The molecule has 0 saturated heterocycles. The van der Waals surface area contributed by atoms with Gasteiger partial charge in [-0.05, 0) is 43.5 Å². The zero-order valence-corrected chi connectivity index (χ0v) is 26.6. The number of fused-ring (bicyclic) bond motifs is 1. The van der Waals surface area contributed by atoms with E-state index in [1.807, 2.05) is 6.92 Å². The van der Waals surface area contributed by atoms with Crippen LogP contribution in [0.25, 0.3) is 10.2 Å². The molecule has 0 aliphatic carbocycles.